The molecule has 2 aliphatic heterocycles. The quantitative estimate of drug-likeness (QED) is 0.914. The molecule has 3 rings (SSSR count). The molecule has 2 heterocycles. The molecule has 1 aromatic carbocycles. The van der Waals surface area contributed by atoms with Crippen LogP contribution >= 0.6 is 0 Å². The van der Waals surface area contributed by atoms with Crippen LogP contribution in [-0.4, -0.2) is 48.2 Å². The van der Waals surface area contributed by atoms with Gasteiger partial charge in [-0.05, 0) is 24.6 Å². The molecule has 2 fully saturated rings. The minimum absolute atomic E-state index is 0.0227. The molecule has 0 unspecified atom stereocenters. The molecular weight excluding hydrogens is 308 g/mol. The summed E-state index contributed by atoms with van der Waals surface area (Å²) >= 11 is 0. The highest BCUT2D eigenvalue weighted by atomic mass is 19.1. The first-order valence-electron chi connectivity index (χ1n) is 7.45. The maximum absolute atomic E-state index is 13.7. The Morgan fingerprint density at radius 1 is 1.39 bits per heavy atom. The molecule has 1 amide bonds. The number of likely N-dealkylation sites (tertiary alicyclic amines) is 1. The smallest absolute Gasteiger partial charge is 0.311 e. The molecule has 0 spiro atoms. The van der Waals surface area contributed by atoms with Gasteiger partial charge in [-0.15, -0.1) is 0 Å². The zero-order valence-corrected chi connectivity index (χ0v) is 12.4. The molecule has 0 aromatic heterocycles. The van der Waals surface area contributed by atoms with Gasteiger partial charge in [0.25, 0.3) is 0 Å². The number of fused-ring (bicyclic) bond motifs is 1. The molecule has 2 saturated heterocycles. The van der Waals surface area contributed by atoms with Crippen molar-refractivity contribution in [2.75, 3.05) is 26.3 Å². The SMILES string of the molecule is O=C(Cc1cc(F)ccc1F)N1C[C@H]2COCC[C@@]2(C(=O)O)C1. The van der Waals surface area contributed by atoms with Gasteiger partial charge in [-0.2, -0.15) is 0 Å². The lowest BCUT2D eigenvalue weighted by molar-refractivity contribution is -0.157. The van der Waals surface area contributed by atoms with Crippen molar-refractivity contribution < 1.29 is 28.2 Å². The highest BCUT2D eigenvalue weighted by Crippen LogP contribution is 2.42. The van der Waals surface area contributed by atoms with Crippen LogP contribution in [-0.2, 0) is 20.7 Å². The van der Waals surface area contributed by atoms with Crippen LogP contribution in [0.3, 0.4) is 0 Å². The van der Waals surface area contributed by atoms with Crippen LogP contribution in [0.2, 0.25) is 0 Å². The fourth-order valence-electron chi connectivity index (χ4n) is 3.44. The largest absolute Gasteiger partial charge is 0.481 e. The topological polar surface area (TPSA) is 66.8 Å². The molecular formula is C16H17F2NO4. The van der Waals surface area contributed by atoms with E-state index < -0.39 is 28.9 Å². The third-order valence-corrected chi connectivity index (χ3v) is 4.83. The van der Waals surface area contributed by atoms with Crippen LogP contribution in [0.4, 0.5) is 8.78 Å². The van der Waals surface area contributed by atoms with Crippen molar-refractivity contribution in [1.29, 1.82) is 0 Å². The van der Waals surface area contributed by atoms with E-state index in [0.717, 1.165) is 18.2 Å². The predicted molar refractivity (Wildman–Crippen MR) is 75.6 cm³/mol. The maximum Gasteiger partial charge on any atom is 0.311 e. The molecule has 1 aromatic rings. The second-order valence-electron chi connectivity index (χ2n) is 6.17. The molecule has 0 aliphatic carbocycles. The standard InChI is InChI=1S/C16H17F2NO4/c17-12-1-2-13(18)10(5-12)6-14(20)19-7-11-8-23-4-3-16(11,9-19)15(21)22/h1-2,5,11H,3-4,6-9H2,(H,21,22)/t11-,16+/m0/s1. The Morgan fingerprint density at radius 2 is 2.17 bits per heavy atom. The fourth-order valence-corrected chi connectivity index (χ4v) is 3.44. The van der Waals surface area contributed by atoms with Gasteiger partial charge in [0.1, 0.15) is 11.6 Å². The van der Waals surface area contributed by atoms with E-state index in [9.17, 15) is 23.5 Å². The number of benzene rings is 1. The van der Waals surface area contributed by atoms with Gasteiger partial charge in [0, 0.05) is 31.2 Å². The zero-order chi connectivity index (χ0) is 16.6. The molecule has 0 bridgehead atoms. The fraction of sp³-hybridized carbons (Fsp3) is 0.500. The number of halogens is 2. The van der Waals surface area contributed by atoms with Gasteiger partial charge in [0.05, 0.1) is 18.4 Å². The van der Waals surface area contributed by atoms with Gasteiger partial charge in [-0.1, -0.05) is 0 Å². The van der Waals surface area contributed by atoms with Gasteiger partial charge < -0.3 is 14.7 Å². The number of carboxylic acids is 1. The number of carbonyl (C=O) groups is 2. The number of aliphatic carboxylic acids is 1. The molecule has 0 radical (unpaired) electrons. The summed E-state index contributed by atoms with van der Waals surface area (Å²) in [6.45, 7) is 1.00. The van der Waals surface area contributed by atoms with Gasteiger partial charge in [0.2, 0.25) is 5.91 Å². The number of rotatable bonds is 3. The predicted octanol–water partition coefficient (Wildman–Crippen LogP) is 1.46. The number of nitrogens with zero attached hydrogens (tertiary/aromatic N) is 1. The summed E-state index contributed by atoms with van der Waals surface area (Å²) in [5, 5.41) is 9.57. The third kappa shape index (κ3) is 2.81. The van der Waals surface area contributed by atoms with Gasteiger partial charge >= 0.3 is 5.97 Å². The zero-order valence-electron chi connectivity index (χ0n) is 12.4. The van der Waals surface area contributed by atoms with Crippen LogP contribution in [0, 0.1) is 23.0 Å². The van der Waals surface area contributed by atoms with E-state index in [-0.39, 0.29) is 31.0 Å². The Kier molecular flexibility index (Phi) is 4.06. The van der Waals surface area contributed by atoms with Gasteiger partial charge in [0.15, 0.2) is 0 Å². The molecule has 23 heavy (non-hydrogen) atoms. The second kappa shape index (κ2) is 5.88. The number of hydrogen-bond donors (Lipinski definition) is 1. The van der Waals surface area contributed by atoms with Crippen molar-refractivity contribution in [3.05, 3.63) is 35.4 Å². The third-order valence-electron chi connectivity index (χ3n) is 4.83. The van der Waals surface area contributed by atoms with Crippen LogP contribution in [0.1, 0.15) is 12.0 Å². The molecule has 1 N–H and O–H groups in total. The number of ether oxygens (including phenoxy) is 1. The van der Waals surface area contributed by atoms with E-state index in [1.54, 1.807) is 0 Å². The molecule has 7 heteroatoms. The summed E-state index contributed by atoms with van der Waals surface area (Å²) < 4.78 is 32.2. The summed E-state index contributed by atoms with van der Waals surface area (Å²) in [5.41, 5.74) is -1.01. The highest BCUT2D eigenvalue weighted by molar-refractivity contribution is 5.82. The number of carboxylic acid groups (broad SMARTS) is 1. The molecule has 2 atom stereocenters. The van der Waals surface area contributed by atoms with Gasteiger partial charge in [-0.25, -0.2) is 8.78 Å². The Morgan fingerprint density at radius 3 is 2.87 bits per heavy atom. The van der Waals surface area contributed by atoms with Crippen LogP contribution in [0.25, 0.3) is 0 Å². The summed E-state index contributed by atoms with van der Waals surface area (Å²) in [5.74, 6) is -2.86. The van der Waals surface area contributed by atoms with Crippen LogP contribution in [0.15, 0.2) is 18.2 Å². The summed E-state index contributed by atoms with van der Waals surface area (Å²) in [6, 6.07) is 2.96. The van der Waals surface area contributed by atoms with E-state index in [1.807, 2.05) is 0 Å². The molecule has 2 aliphatic rings. The van der Waals surface area contributed by atoms with Crippen molar-refractivity contribution in [3.8, 4) is 0 Å². The van der Waals surface area contributed by atoms with Crippen molar-refractivity contribution in [3.63, 3.8) is 0 Å². The van der Waals surface area contributed by atoms with E-state index in [4.69, 9.17) is 4.74 Å². The van der Waals surface area contributed by atoms with E-state index in [0.29, 0.717) is 19.6 Å². The Balaban J connectivity index is 1.76. The normalized spacial score (nSPS) is 26.9. The van der Waals surface area contributed by atoms with Crippen molar-refractivity contribution in [2.45, 2.75) is 12.8 Å². The Hall–Kier alpha value is -2.02. The first kappa shape index (κ1) is 15.9. The Labute approximate surface area is 131 Å². The van der Waals surface area contributed by atoms with E-state index >= 15 is 0 Å². The van der Waals surface area contributed by atoms with Crippen LogP contribution in [0.5, 0.6) is 0 Å². The summed E-state index contributed by atoms with van der Waals surface area (Å²) in [4.78, 5) is 25.5. The second-order valence-corrected chi connectivity index (χ2v) is 6.17. The summed E-state index contributed by atoms with van der Waals surface area (Å²) in [7, 11) is 0. The van der Waals surface area contributed by atoms with Gasteiger partial charge in [-0.3, -0.25) is 9.59 Å². The lowest BCUT2D eigenvalue weighted by Crippen LogP contribution is -2.45. The maximum atomic E-state index is 13.7. The summed E-state index contributed by atoms with van der Waals surface area (Å²) in [6.07, 6.45) is 0.0674. The number of carbonyl (C=O) groups excluding carboxylic acids is 1. The van der Waals surface area contributed by atoms with Crippen molar-refractivity contribution in [1.82, 2.24) is 4.90 Å². The number of hydrogen-bond acceptors (Lipinski definition) is 3. The Bertz CT molecular complexity index is 651. The van der Waals surface area contributed by atoms with Crippen molar-refractivity contribution >= 4 is 11.9 Å². The first-order valence-corrected chi connectivity index (χ1v) is 7.45. The average molecular weight is 325 g/mol. The van der Waals surface area contributed by atoms with Crippen LogP contribution < -0.4 is 0 Å². The lowest BCUT2D eigenvalue weighted by atomic mass is 9.74. The number of amides is 1. The van der Waals surface area contributed by atoms with E-state index in [2.05, 4.69) is 0 Å². The van der Waals surface area contributed by atoms with E-state index in [1.165, 1.54) is 4.90 Å². The molecule has 0 saturated carbocycles. The minimum atomic E-state index is -0.992. The lowest BCUT2D eigenvalue weighted by Gasteiger charge is -2.33. The minimum Gasteiger partial charge on any atom is -0.481 e. The molecule has 124 valence electrons. The monoisotopic (exact) mass is 325 g/mol. The van der Waals surface area contributed by atoms with Crippen molar-refractivity contribution in [2.24, 2.45) is 11.3 Å². The first-order chi connectivity index (χ1) is 10.9. The average Bonchev–Trinajstić information content (AvgIpc) is 2.92. The highest BCUT2D eigenvalue weighted by Gasteiger charge is 2.54. The molecule has 5 nitrogen and oxygen atoms in total.